The highest BCUT2D eigenvalue weighted by atomic mass is 79.9. The van der Waals surface area contributed by atoms with Crippen LogP contribution >= 0.6 is 15.9 Å². The van der Waals surface area contributed by atoms with E-state index in [1.807, 2.05) is 32.9 Å². The van der Waals surface area contributed by atoms with Gasteiger partial charge < -0.3 is 0 Å². The standard InChI is InChI=1S/C15H19BrN2O2S/c1-11(2)18(10-8-16)21(19,20)14-7-6-12(3)15-13(14)5-4-9-17-15/h4-7,9,11H,8,10H2,1-3H3. The second-order valence-electron chi connectivity index (χ2n) is 5.18. The third-order valence-corrected chi connectivity index (χ3v) is 5.89. The van der Waals surface area contributed by atoms with E-state index in [0.717, 1.165) is 11.1 Å². The molecule has 1 aromatic carbocycles. The molecule has 0 N–H and O–H groups in total. The number of rotatable bonds is 5. The maximum Gasteiger partial charge on any atom is 0.244 e. The molecule has 1 aromatic heterocycles. The zero-order valence-electron chi connectivity index (χ0n) is 12.4. The van der Waals surface area contributed by atoms with Crippen LogP contribution in [0.2, 0.25) is 0 Å². The van der Waals surface area contributed by atoms with Crippen LogP contribution in [0.25, 0.3) is 10.9 Å². The van der Waals surface area contributed by atoms with E-state index in [4.69, 9.17) is 0 Å². The number of alkyl halides is 1. The Morgan fingerprint density at radius 1 is 1.29 bits per heavy atom. The Kier molecular flexibility index (Phi) is 5.01. The molecule has 0 saturated carbocycles. The number of pyridine rings is 1. The fourth-order valence-electron chi connectivity index (χ4n) is 2.38. The monoisotopic (exact) mass is 370 g/mol. The number of hydrogen-bond acceptors (Lipinski definition) is 3. The van der Waals surface area contributed by atoms with Gasteiger partial charge in [0.05, 0.1) is 10.4 Å². The summed E-state index contributed by atoms with van der Waals surface area (Å²) in [4.78, 5) is 4.64. The van der Waals surface area contributed by atoms with Crippen LogP contribution in [0, 0.1) is 6.92 Å². The van der Waals surface area contributed by atoms with E-state index in [0.29, 0.717) is 22.2 Å². The molecule has 0 unspecified atom stereocenters. The number of aryl methyl sites for hydroxylation is 1. The van der Waals surface area contributed by atoms with Gasteiger partial charge in [0.25, 0.3) is 0 Å². The SMILES string of the molecule is Cc1ccc(S(=O)(=O)N(CCBr)C(C)C)c2cccnc12. The summed E-state index contributed by atoms with van der Waals surface area (Å²) in [7, 11) is -3.54. The summed E-state index contributed by atoms with van der Waals surface area (Å²) in [5.74, 6) is 0. The summed E-state index contributed by atoms with van der Waals surface area (Å²) < 4.78 is 27.4. The van der Waals surface area contributed by atoms with Crippen LogP contribution in [-0.2, 0) is 10.0 Å². The van der Waals surface area contributed by atoms with Crippen molar-refractivity contribution in [3.05, 3.63) is 36.0 Å². The predicted octanol–water partition coefficient (Wildman–Crippen LogP) is 3.34. The van der Waals surface area contributed by atoms with Gasteiger partial charge in [0.2, 0.25) is 10.0 Å². The van der Waals surface area contributed by atoms with Crippen molar-refractivity contribution in [1.29, 1.82) is 0 Å². The molecule has 2 aromatic rings. The van der Waals surface area contributed by atoms with Crippen LogP contribution in [0.1, 0.15) is 19.4 Å². The topological polar surface area (TPSA) is 50.3 Å². The number of hydrogen-bond donors (Lipinski definition) is 0. The number of fused-ring (bicyclic) bond motifs is 1. The maximum absolute atomic E-state index is 13.0. The van der Waals surface area contributed by atoms with Gasteiger partial charge in [0.15, 0.2) is 0 Å². The Labute approximate surface area is 134 Å². The normalized spacial score (nSPS) is 12.5. The van der Waals surface area contributed by atoms with Gasteiger partial charge in [-0.15, -0.1) is 0 Å². The van der Waals surface area contributed by atoms with Crippen LogP contribution in [0.3, 0.4) is 0 Å². The zero-order valence-corrected chi connectivity index (χ0v) is 14.8. The first-order chi connectivity index (χ1) is 9.89. The van der Waals surface area contributed by atoms with Gasteiger partial charge in [-0.3, -0.25) is 4.98 Å². The van der Waals surface area contributed by atoms with Crippen molar-refractivity contribution in [2.45, 2.75) is 31.7 Å². The van der Waals surface area contributed by atoms with Crippen LogP contribution in [-0.4, -0.2) is 35.6 Å². The van der Waals surface area contributed by atoms with Gasteiger partial charge >= 0.3 is 0 Å². The highest BCUT2D eigenvalue weighted by molar-refractivity contribution is 9.09. The molecule has 21 heavy (non-hydrogen) atoms. The Bertz CT molecular complexity index is 744. The second-order valence-corrected chi connectivity index (χ2v) is 7.83. The molecule has 0 fully saturated rings. The summed E-state index contributed by atoms with van der Waals surface area (Å²) >= 11 is 3.33. The van der Waals surface area contributed by atoms with E-state index in [1.54, 1.807) is 18.3 Å². The molecule has 1 heterocycles. The number of aromatic nitrogens is 1. The number of sulfonamides is 1. The van der Waals surface area contributed by atoms with Crippen LogP contribution in [0.5, 0.6) is 0 Å². The van der Waals surface area contributed by atoms with Gasteiger partial charge in [-0.2, -0.15) is 4.31 Å². The van der Waals surface area contributed by atoms with Crippen molar-refractivity contribution in [1.82, 2.24) is 9.29 Å². The van der Waals surface area contributed by atoms with Crippen molar-refractivity contribution in [2.24, 2.45) is 0 Å². The summed E-state index contributed by atoms with van der Waals surface area (Å²) in [6, 6.07) is 6.98. The lowest BCUT2D eigenvalue weighted by molar-refractivity contribution is 0.372. The molecule has 114 valence electrons. The molecule has 0 aliphatic carbocycles. The molecule has 0 saturated heterocycles. The first kappa shape index (κ1) is 16.4. The molecule has 2 rings (SSSR count). The molecule has 0 bridgehead atoms. The lowest BCUT2D eigenvalue weighted by Gasteiger charge is -2.25. The summed E-state index contributed by atoms with van der Waals surface area (Å²) in [5, 5.41) is 1.28. The van der Waals surface area contributed by atoms with Crippen LogP contribution in [0.4, 0.5) is 0 Å². The predicted molar refractivity (Wildman–Crippen MR) is 89.3 cm³/mol. The number of benzene rings is 1. The van der Waals surface area contributed by atoms with Crippen molar-refractivity contribution < 1.29 is 8.42 Å². The average molecular weight is 371 g/mol. The van der Waals surface area contributed by atoms with Gasteiger partial charge in [-0.05, 0) is 44.5 Å². The molecule has 4 nitrogen and oxygen atoms in total. The van der Waals surface area contributed by atoms with Gasteiger partial charge in [-0.1, -0.05) is 22.0 Å². The minimum atomic E-state index is -3.54. The Balaban J connectivity index is 2.68. The van der Waals surface area contributed by atoms with Crippen LogP contribution < -0.4 is 0 Å². The smallest absolute Gasteiger partial charge is 0.244 e. The molecule has 0 aliphatic heterocycles. The summed E-state index contributed by atoms with van der Waals surface area (Å²) in [6.07, 6.45) is 1.68. The van der Waals surface area contributed by atoms with Crippen molar-refractivity contribution in [2.75, 3.05) is 11.9 Å². The minimum absolute atomic E-state index is 0.0967. The summed E-state index contributed by atoms with van der Waals surface area (Å²) in [6.45, 7) is 6.14. The van der Waals surface area contributed by atoms with E-state index >= 15 is 0 Å². The molecule has 6 heteroatoms. The molecule has 0 aliphatic rings. The highest BCUT2D eigenvalue weighted by Crippen LogP contribution is 2.27. The van der Waals surface area contributed by atoms with Crippen molar-refractivity contribution >= 4 is 36.9 Å². The quantitative estimate of drug-likeness (QED) is 0.758. The van der Waals surface area contributed by atoms with Crippen molar-refractivity contribution in [3.63, 3.8) is 0 Å². The lowest BCUT2D eigenvalue weighted by atomic mass is 10.1. The Morgan fingerprint density at radius 2 is 2.00 bits per heavy atom. The molecular weight excluding hydrogens is 352 g/mol. The Morgan fingerprint density at radius 3 is 2.62 bits per heavy atom. The van der Waals surface area contributed by atoms with Crippen LogP contribution in [0.15, 0.2) is 35.4 Å². The minimum Gasteiger partial charge on any atom is -0.256 e. The highest BCUT2D eigenvalue weighted by Gasteiger charge is 2.28. The van der Waals surface area contributed by atoms with E-state index < -0.39 is 10.0 Å². The third kappa shape index (κ3) is 3.12. The largest absolute Gasteiger partial charge is 0.256 e. The molecule has 0 spiro atoms. The van der Waals surface area contributed by atoms with E-state index in [1.165, 1.54) is 4.31 Å². The zero-order chi connectivity index (χ0) is 15.6. The molecule has 0 atom stereocenters. The first-order valence-electron chi connectivity index (χ1n) is 6.81. The van der Waals surface area contributed by atoms with Crippen molar-refractivity contribution in [3.8, 4) is 0 Å². The molecular formula is C15H19BrN2O2S. The first-order valence-corrected chi connectivity index (χ1v) is 9.38. The number of nitrogens with zero attached hydrogens (tertiary/aromatic N) is 2. The average Bonchev–Trinajstić information content (AvgIpc) is 2.44. The van der Waals surface area contributed by atoms with Gasteiger partial charge in [0.1, 0.15) is 0 Å². The lowest BCUT2D eigenvalue weighted by Crippen LogP contribution is -2.38. The third-order valence-electron chi connectivity index (χ3n) is 3.40. The van der Waals surface area contributed by atoms with E-state index in [-0.39, 0.29) is 6.04 Å². The van der Waals surface area contributed by atoms with Gasteiger partial charge in [-0.25, -0.2) is 8.42 Å². The Hall–Kier alpha value is -0.980. The molecule has 0 amide bonds. The number of halogens is 1. The summed E-state index contributed by atoms with van der Waals surface area (Å²) in [5.41, 5.74) is 1.71. The van der Waals surface area contributed by atoms with E-state index in [2.05, 4.69) is 20.9 Å². The fourth-order valence-corrected chi connectivity index (χ4v) is 4.82. The fraction of sp³-hybridized carbons (Fsp3) is 0.400. The van der Waals surface area contributed by atoms with Gasteiger partial charge in [0, 0.05) is 29.5 Å². The molecule has 0 radical (unpaired) electrons. The second kappa shape index (κ2) is 6.42. The van der Waals surface area contributed by atoms with E-state index in [9.17, 15) is 8.42 Å². The maximum atomic E-state index is 13.0.